The van der Waals surface area contributed by atoms with E-state index in [9.17, 15) is 4.79 Å². The lowest BCUT2D eigenvalue weighted by Gasteiger charge is -2.09. The van der Waals surface area contributed by atoms with Gasteiger partial charge < -0.3 is 15.8 Å². The fourth-order valence-corrected chi connectivity index (χ4v) is 1.68. The Morgan fingerprint density at radius 2 is 2.25 bits per heavy atom. The number of hydrogen-bond acceptors (Lipinski definition) is 4. The second-order valence-electron chi connectivity index (χ2n) is 4.44. The summed E-state index contributed by atoms with van der Waals surface area (Å²) in [6.45, 7) is 2.38. The Hall–Kier alpha value is -2.56. The first-order valence-corrected chi connectivity index (χ1v) is 6.29. The molecule has 0 saturated carbocycles. The van der Waals surface area contributed by atoms with E-state index < -0.39 is 0 Å². The van der Waals surface area contributed by atoms with Crippen molar-refractivity contribution in [1.29, 1.82) is 0 Å². The van der Waals surface area contributed by atoms with Crippen molar-refractivity contribution in [1.82, 2.24) is 10.3 Å². The molecule has 1 amide bonds. The van der Waals surface area contributed by atoms with Gasteiger partial charge in [0.1, 0.15) is 5.75 Å². The fraction of sp³-hybridized carbons (Fsp3) is 0.200. The smallest absolute Gasteiger partial charge is 0.258 e. The molecule has 20 heavy (non-hydrogen) atoms. The molecule has 5 nitrogen and oxygen atoms in total. The van der Waals surface area contributed by atoms with Crippen LogP contribution in [0.1, 0.15) is 11.1 Å². The summed E-state index contributed by atoms with van der Waals surface area (Å²) in [5, 5.41) is 2.79. The molecule has 0 atom stereocenters. The van der Waals surface area contributed by atoms with E-state index in [0.717, 1.165) is 11.1 Å². The number of hydrogen-bond donors (Lipinski definition) is 2. The zero-order valence-electron chi connectivity index (χ0n) is 11.3. The van der Waals surface area contributed by atoms with Crippen molar-refractivity contribution in [2.24, 2.45) is 0 Å². The van der Waals surface area contributed by atoms with Gasteiger partial charge in [0, 0.05) is 30.7 Å². The van der Waals surface area contributed by atoms with E-state index in [-0.39, 0.29) is 12.5 Å². The number of carbonyl (C=O) groups is 1. The number of nitrogen functional groups attached to an aromatic ring is 1. The molecule has 3 N–H and O–H groups in total. The van der Waals surface area contributed by atoms with Gasteiger partial charge in [0.25, 0.3) is 5.91 Å². The van der Waals surface area contributed by atoms with Gasteiger partial charge in [-0.05, 0) is 36.2 Å². The first-order valence-electron chi connectivity index (χ1n) is 6.29. The lowest BCUT2D eigenvalue weighted by atomic mass is 10.1. The minimum absolute atomic E-state index is 0.0389. The van der Waals surface area contributed by atoms with Crippen molar-refractivity contribution in [2.45, 2.75) is 13.5 Å². The number of benzene rings is 1. The summed E-state index contributed by atoms with van der Waals surface area (Å²) >= 11 is 0. The topological polar surface area (TPSA) is 77.2 Å². The molecule has 2 aromatic rings. The zero-order valence-corrected chi connectivity index (χ0v) is 11.3. The molecule has 0 aliphatic heterocycles. The van der Waals surface area contributed by atoms with Gasteiger partial charge in [-0.2, -0.15) is 0 Å². The Kier molecular flexibility index (Phi) is 4.55. The molecule has 0 saturated heterocycles. The van der Waals surface area contributed by atoms with E-state index in [4.69, 9.17) is 10.5 Å². The highest BCUT2D eigenvalue weighted by Gasteiger charge is 2.04. The first-order chi connectivity index (χ1) is 9.65. The molecule has 2 rings (SSSR count). The van der Waals surface area contributed by atoms with Crippen LogP contribution in [0.2, 0.25) is 0 Å². The highest BCUT2D eigenvalue weighted by molar-refractivity contribution is 5.77. The van der Waals surface area contributed by atoms with E-state index in [1.807, 2.05) is 13.0 Å². The summed E-state index contributed by atoms with van der Waals surface area (Å²) in [7, 11) is 0. The molecular weight excluding hydrogens is 254 g/mol. The minimum Gasteiger partial charge on any atom is -0.484 e. The van der Waals surface area contributed by atoms with Gasteiger partial charge in [0.2, 0.25) is 0 Å². The normalized spacial score (nSPS) is 10.1. The molecule has 0 aliphatic carbocycles. The monoisotopic (exact) mass is 271 g/mol. The molecule has 1 heterocycles. The summed E-state index contributed by atoms with van der Waals surface area (Å²) in [4.78, 5) is 15.7. The van der Waals surface area contributed by atoms with Crippen LogP contribution in [0.25, 0.3) is 0 Å². The Bertz CT molecular complexity index is 599. The Labute approximate surface area is 117 Å². The van der Waals surface area contributed by atoms with E-state index >= 15 is 0 Å². The van der Waals surface area contributed by atoms with Crippen molar-refractivity contribution in [2.75, 3.05) is 12.3 Å². The van der Waals surface area contributed by atoms with Gasteiger partial charge in [-0.25, -0.2) is 0 Å². The maximum absolute atomic E-state index is 11.7. The highest BCUT2D eigenvalue weighted by atomic mass is 16.5. The van der Waals surface area contributed by atoms with Gasteiger partial charge in [-0.15, -0.1) is 0 Å². The molecule has 0 unspecified atom stereocenters. The summed E-state index contributed by atoms with van der Waals surface area (Å²) in [6, 6.07) is 8.89. The minimum atomic E-state index is -0.185. The van der Waals surface area contributed by atoms with Gasteiger partial charge >= 0.3 is 0 Å². The largest absolute Gasteiger partial charge is 0.484 e. The van der Waals surface area contributed by atoms with E-state index in [1.54, 1.807) is 36.7 Å². The van der Waals surface area contributed by atoms with Crippen LogP contribution in [0.3, 0.4) is 0 Å². The number of nitrogens with two attached hydrogens (primary N) is 1. The molecule has 1 aromatic heterocycles. The summed E-state index contributed by atoms with van der Waals surface area (Å²) in [5.74, 6) is 0.397. The van der Waals surface area contributed by atoms with E-state index in [0.29, 0.717) is 18.0 Å². The van der Waals surface area contributed by atoms with Crippen LogP contribution in [-0.4, -0.2) is 17.5 Å². The number of nitrogens with zero attached hydrogens (tertiary/aromatic N) is 1. The molecule has 0 spiro atoms. The van der Waals surface area contributed by atoms with Crippen LogP contribution in [0, 0.1) is 6.92 Å². The van der Waals surface area contributed by atoms with Crippen molar-refractivity contribution in [3.05, 3.63) is 53.9 Å². The molecule has 0 bridgehead atoms. The number of nitrogens with one attached hydrogen (secondary N) is 1. The molecule has 0 aliphatic rings. The third kappa shape index (κ3) is 3.98. The molecule has 1 aromatic carbocycles. The average Bonchev–Trinajstić information content (AvgIpc) is 2.44. The third-order valence-corrected chi connectivity index (χ3v) is 2.85. The Morgan fingerprint density at radius 3 is 3.00 bits per heavy atom. The molecule has 5 heteroatoms. The van der Waals surface area contributed by atoms with Crippen molar-refractivity contribution in [3.63, 3.8) is 0 Å². The number of amides is 1. The second kappa shape index (κ2) is 6.56. The van der Waals surface area contributed by atoms with Crippen molar-refractivity contribution >= 4 is 11.6 Å². The number of aromatic nitrogens is 1. The highest BCUT2D eigenvalue weighted by Crippen LogP contribution is 2.14. The van der Waals surface area contributed by atoms with Gasteiger partial charge in [-0.3, -0.25) is 9.78 Å². The van der Waals surface area contributed by atoms with Gasteiger partial charge in [0.05, 0.1) is 0 Å². The molecule has 0 fully saturated rings. The van der Waals surface area contributed by atoms with E-state index in [1.165, 1.54) is 0 Å². The standard InChI is InChI=1S/C15H17N3O2/c1-11-5-6-17-8-12(11)9-18-15(19)10-20-14-4-2-3-13(16)7-14/h2-8H,9-10,16H2,1H3,(H,18,19). The molecular formula is C15H17N3O2. The average molecular weight is 271 g/mol. The van der Waals surface area contributed by atoms with Crippen molar-refractivity contribution in [3.8, 4) is 5.75 Å². The number of ether oxygens (including phenoxy) is 1. The third-order valence-electron chi connectivity index (χ3n) is 2.85. The lowest BCUT2D eigenvalue weighted by molar-refractivity contribution is -0.123. The van der Waals surface area contributed by atoms with Crippen LogP contribution in [0.5, 0.6) is 5.75 Å². The Morgan fingerprint density at radius 1 is 1.40 bits per heavy atom. The van der Waals surface area contributed by atoms with Crippen LogP contribution >= 0.6 is 0 Å². The van der Waals surface area contributed by atoms with E-state index in [2.05, 4.69) is 10.3 Å². The predicted molar refractivity (Wildman–Crippen MR) is 77.2 cm³/mol. The lowest BCUT2D eigenvalue weighted by Crippen LogP contribution is -2.28. The number of rotatable bonds is 5. The second-order valence-corrected chi connectivity index (χ2v) is 4.44. The number of carbonyl (C=O) groups excluding carboxylic acids is 1. The van der Waals surface area contributed by atoms with Crippen LogP contribution in [-0.2, 0) is 11.3 Å². The maximum Gasteiger partial charge on any atom is 0.258 e. The summed E-state index contributed by atoms with van der Waals surface area (Å²) < 4.78 is 5.36. The van der Waals surface area contributed by atoms with Crippen LogP contribution < -0.4 is 15.8 Å². The number of aryl methyl sites for hydroxylation is 1. The summed E-state index contributed by atoms with van der Waals surface area (Å²) in [6.07, 6.45) is 3.47. The SMILES string of the molecule is Cc1ccncc1CNC(=O)COc1cccc(N)c1. The van der Waals surface area contributed by atoms with Gasteiger partial charge in [0.15, 0.2) is 6.61 Å². The quantitative estimate of drug-likeness (QED) is 0.811. The predicted octanol–water partition coefficient (Wildman–Crippen LogP) is 1.67. The maximum atomic E-state index is 11.7. The van der Waals surface area contributed by atoms with Crippen LogP contribution in [0.4, 0.5) is 5.69 Å². The number of anilines is 1. The zero-order chi connectivity index (χ0) is 14.4. The molecule has 104 valence electrons. The summed E-state index contributed by atoms with van der Waals surface area (Å²) in [5.41, 5.74) is 8.32. The first kappa shape index (κ1) is 13.9. The van der Waals surface area contributed by atoms with Crippen LogP contribution in [0.15, 0.2) is 42.7 Å². The fourth-order valence-electron chi connectivity index (χ4n) is 1.68. The number of pyridine rings is 1. The molecule has 0 radical (unpaired) electrons. The Balaban J connectivity index is 1.80. The van der Waals surface area contributed by atoms with Crippen molar-refractivity contribution < 1.29 is 9.53 Å². The van der Waals surface area contributed by atoms with Gasteiger partial charge in [-0.1, -0.05) is 6.07 Å².